The Bertz CT molecular complexity index is 622. The summed E-state index contributed by atoms with van der Waals surface area (Å²) in [6, 6.07) is 3.78. The van der Waals surface area contributed by atoms with Crippen molar-refractivity contribution in [3.05, 3.63) is 22.7 Å². The SMILES string of the molecule is Cc1ccc2c(N)c(C(=O)NCCCC(C)O)sc2n1. The van der Waals surface area contributed by atoms with Crippen LogP contribution < -0.4 is 11.1 Å². The van der Waals surface area contributed by atoms with Gasteiger partial charge in [0, 0.05) is 17.6 Å². The summed E-state index contributed by atoms with van der Waals surface area (Å²) in [6.45, 7) is 4.18. The molecule has 20 heavy (non-hydrogen) atoms. The molecule has 2 rings (SSSR count). The zero-order valence-corrected chi connectivity index (χ0v) is 12.5. The van der Waals surface area contributed by atoms with Crippen molar-refractivity contribution in [2.75, 3.05) is 12.3 Å². The van der Waals surface area contributed by atoms with E-state index in [0.717, 1.165) is 22.3 Å². The number of nitrogens with zero attached hydrogens (tertiary/aromatic N) is 1. The molecule has 0 bridgehead atoms. The lowest BCUT2D eigenvalue weighted by atomic mass is 10.2. The highest BCUT2D eigenvalue weighted by Crippen LogP contribution is 2.32. The number of carbonyl (C=O) groups excluding carboxylic acids is 1. The fraction of sp³-hybridized carbons (Fsp3) is 0.429. The summed E-state index contributed by atoms with van der Waals surface area (Å²) in [6.07, 6.45) is 1.07. The Kier molecular flexibility index (Phi) is 4.57. The molecular weight excluding hydrogens is 274 g/mol. The summed E-state index contributed by atoms with van der Waals surface area (Å²) >= 11 is 1.31. The van der Waals surface area contributed by atoms with Gasteiger partial charge in [0.1, 0.15) is 9.71 Å². The van der Waals surface area contributed by atoms with E-state index in [-0.39, 0.29) is 12.0 Å². The van der Waals surface area contributed by atoms with Gasteiger partial charge in [0.2, 0.25) is 0 Å². The van der Waals surface area contributed by atoms with E-state index in [1.807, 2.05) is 19.1 Å². The molecule has 2 aromatic rings. The van der Waals surface area contributed by atoms with Crippen LogP contribution in [0.2, 0.25) is 0 Å². The normalized spacial score (nSPS) is 12.6. The fourth-order valence-corrected chi connectivity index (χ4v) is 2.99. The largest absolute Gasteiger partial charge is 0.397 e. The maximum absolute atomic E-state index is 12.1. The highest BCUT2D eigenvalue weighted by Gasteiger charge is 2.16. The van der Waals surface area contributed by atoms with Crippen LogP contribution in [0.4, 0.5) is 5.69 Å². The lowest BCUT2D eigenvalue weighted by molar-refractivity contribution is 0.0954. The number of aryl methyl sites for hydroxylation is 1. The number of aliphatic hydroxyl groups is 1. The van der Waals surface area contributed by atoms with Crippen molar-refractivity contribution < 1.29 is 9.90 Å². The van der Waals surface area contributed by atoms with Crippen molar-refractivity contribution >= 4 is 33.1 Å². The third-order valence-electron chi connectivity index (χ3n) is 3.02. The second-order valence-corrected chi connectivity index (χ2v) is 5.90. The molecule has 0 aliphatic carbocycles. The van der Waals surface area contributed by atoms with Gasteiger partial charge in [-0.1, -0.05) is 0 Å². The molecule has 0 saturated carbocycles. The maximum atomic E-state index is 12.1. The van der Waals surface area contributed by atoms with Crippen LogP contribution in [0.3, 0.4) is 0 Å². The summed E-state index contributed by atoms with van der Waals surface area (Å²) in [7, 11) is 0. The number of amides is 1. The minimum atomic E-state index is -0.339. The van der Waals surface area contributed by atoms with E-state index < -0.39 is 0 Å². The smallest absolute Gasteiger partial charge is 0.263 e. The van der Waals surface area contributed by atoms with E-state index in [9.17, 15) is 4.79 Å². The van der Waals surface area contributed by atoms with Crippen molar-refractivity contribution in [2.45, 2.75) is 32.8 Å². The van der Waals surface area contributed by atoms with Crippen LogP contribution in [-0.4, -0.2) is 28.6 Å². The molecule has 0 saturated heterocycles. The Hall–Kier alpha value is -1.66. The summed E-state index contributed by atoms with van der Waals surface area (Å²) in [5, 5.41) is 12.8. The first-order valence-electron chi connectivity index (χ1n) is 6.61. The lowest BCUT2D eigenvalue weighted by Crippen LogP contribution is -2.24. The van der Waals surface area contributed by atoms with Crippen LogP contribution in [0, 0.1) is 6.92 Å². The first-order valence-corrected chi connectivity index (χ1v) is 7.42. The van der Waals surface area contributed by atoms with E-state index in [1.165, 1.54) is 11.3 Å². The van der Waals surface area contributed by atoms with Gasteiger partial charge in [-0.3, -0.25) is 4.79 Å². The Balaban J connectivity index is 2.08. The van der Waals surface area contributed by atoms with Crippen LogP contribution >= 0.6 is 11.3 Å². The Morgan fingerprint density at radius 1 is 1.55 bits per heavy atom. The van der Waals surface area contributed by atoms with E-state index in [0.29, 0.717) is 23.5 Å². The lowest BCUT2D eigenvalue weighted by Gasteiger charge is -2.05. The maximum Gasteiger partial charge on any atom is 0.263 e. The molecule has 1 amide bonds. The number of thiophene rings is 1. The summed E-state index contributed by atoms with van der Waals surface area (Å²) in [5.41, 5.74) is 7.41. The average Bonchev–Trinajstić information content (AvgIpc) is 2.71. The summed E-state index contributed by atoms with van der Waals surface area (Å²) < 4.78 is 0. The molecule has 1 atom stereocenters. The predicted molar refractivity (Wildman–Crippen MR) is 82.0 cm³/mol. The fourth-order valence-electron chi connectivity index (χ4n) is 1.94. The van der Waals surface area contributed by atoms with Gasteiger partial charge in [-0.25, -0.2) is 4.98 Å². The quantitative estimate of drug-likeness (QED) is 0.736. The number of hydrogen-bond donors (Lipinski definition) is 3. The second kappa shape index (κ2) is 6.19. The number of nitrogen functional groups attached to an aromatic ring is 1. The molecule has 0 radical (unpaired) electrons. The molecule has 2 heterocycles. The van der Waals surface area contributed by atoms with Gasteiger partial charge in [0.15, 0.2) is 0 Å². The van der Waals surface area contributed by atoms with Crippen LogP contribution in [0.5, 0.6) is 0 Å². The molecule has 1 unspecified atom stereocenters. The first-order chi connectivity index (χ1) is 9.49. The standard InChI is InChI=1S/C14H19N3O2S/c1-8-5-6-10-11(15)12(20-14(10)17-8)13(19)16-7-3-4-9(2)18/h5-6,9,18H,3-4,7,15H2,1-2H3,(H,16,19). The number of aromatic nitrogens is 1. The molecule has 0 fully saturated rings. The van der Waals surface area contributed by atoms with Gasteiger partial charge < -0.3 is 16.2 Å². The number of rotatable bonds is 5. The minimum absolute atomic E-state index is 0.172. The van der Waals surface area contributed by atoms with Crippen LogP contribution in [0.25, 0.3) is 10.2 Å². The summed E-state index contributed by atoms with van der Waals surface area (Å²) in [4.78, 5) is 17.8. The number of nitrogens with one attached hydrogen (secondary N) is 1. The van der Waals surface area contributed by atoms with E-state index >= 15 is 0 Å². The molecule has 0 aromatic carbocycles. The zero-order valence-electron chi connectivity index (χ0n) is 11.6. The highest BCUT2D eigenvalue weighted by atomic mass is 32.1. The van der Waals surface area contributed by atoms with Crippen molar-refractivity contribution in [1.29, 1.82) is 0 Å². The van der Waals surface area contributed by atoms with Gasteiger partial charge in [-0.2, -0.15) is 0 Å². The Morgan fingerprint density at radius 2 is 2.30 bits per heavy atom. The van der Waals surface area contributed by atoms with Gasteiger partial charge in [-0.15, -0.1) is 11.3 Å². The molecule has 4 N–H and O–H groups in total. The van der Waals surface area contributed by atoms with Crippen LogP contribution in [0.1, 0.15) is 35.1 Å². The van der Waals surface area contributed by atoms with E-state index in [2.05, 4.69) is 10.3 Å². The molecule has 5 nitrogen and oxygen atoms in total. The number of anilines is 1. The number of pyridine rings is 1. The van der Waals surface area contributed by atoms with Gasteiger partial charge in [0.25, 0.3) is 5.91 Å². The van der Waals surface area contributed by atoms with Crippen molar-refractivity contribution in [3.8, 4) is 0 Å². The third kappa shape index (κ3) is 3.26. The van der Waals surface area contributed by atoms with Crippen molar-refractivity contribution in [3.63, 3.8) is 0 Å². The molecule has 0 aliphatic heterocycles. The number of hydrogen-bond acceptors (Lipinski definition) is 5. The molecule has 108 valence electrons. The minimum Gasteiger partial charge on any atom is -0.397 e. The van der Waals surface area contributed by atoms with E-state index in [4.69, 9.17) is 10.8 Å². The second-order valence-electron chi connectivity index (χ2n) is 4.90. The van der Waals surface area contributed by atoms with Gasteiger partial charge >= 0.3 is 0 Å². The summed E-state index contributed by atoms with van der Waals surface area (Å²) in [5.74, 6) is -0.172. The molecule has 0 spiro atoms. The Labute approximate surface area is 121 Å². The Morgan fingerprint density at radius 3 is 3.00 bits per heavy atom. The molecule has 6 heteroatoms. The van der Waals surface area contributed by atoms with Crippen molar-refractivity contribution in [2.24, 2.45) is 0 Å². The molecule has 2 aromatic heterocycles. The molecule has 0 aliphatic rings. The number of fused-ring (bicyclic) bond motifs is 1. The molecular formula is C14H19N3O2S. The zero-order chi connectivity index (χ0) is 14.7. The van der Waals surface area contributed by atoms with E-state index in [1.54, 1.807) is 6.92 Å². The number of carbonyl (C=O) groups is 1. The van der Waals surface area contributed by atoms with Crippen molar-refractivity contribution in [1.82, 2.24) is 10.3 Å². The number of aliphatic hydroxyl groups excluding tert-OH is 1. The average molecular weight is 293 g/mol. The predicted octanol–water partition coefficient (Wildman–Crippen LogP) is 2.08. The third-order valence-corrected chi connectivity index (χ3v) is 4.14. The highest BCUT2D eigenvalue weighted by molar-refractivity contribution is 7.21. The van der Waals surface area contributed by atoms with Crippen LogP contribution in [0.15, 0.2) is 12.1 Å². The van der Waals surface area contributed by atoms with Crippen LogP contribution in [-0.2, 0) is 0 Å². The topological polar surface area (TPSA) is 88.2 Å². The van der Waals surface area contributed by atoms with Gasteiger partial charge in [0.05, 0.1) is 11.8 Å². The first kappa shape index (κ1) is 14.7. The number of nitrogens with two attached hydrogens (primary N) is 1. The van der Waals surface area contributed by atoms with Gasteiger partial charge in [-0.05, 0) is 38.8 Å². The monoisotopic (exact) mass is 293 g/mol.